The summed E-state index contributed by atoms with van der Waals surface area (Å²) in [6.45, 7) is 10.5. The minimum absolute atomic E-state index is 0.534. The SMILES string of the molecule is CCC(C)c1nc(N2CCCC2C)sc1CNCCOC. The minimum atomic E-state index is 0.534. The van der Waals surface area contributed by atoms with Gasteiger partial charge < -0.3 is 15.0 Å². The Bertz CT molecular complexity index is 435. The number of aromatic nitrogens is 1. The number of rotatable bonds is 8. The van der Waals surface area contributed by atoms with Crippen LogP contribution in [0.3, 0.4) is 0 Å². The van der Waals surface area contributed by atoms with Gasteiger partial charge in [-0.2, -0.15) is 0 Å². The predicted octanol–water partition coefficient (Wildman–Crippen LogP) is 3.38. The van der Waals surface area contributed by atoms with E-state index >= 15 is 0 Å². The number of nitrogens with zero attached hydrogens (tertiary/aromatic N) is 2. The second-order valence-corrected chi connectivity index (χ2v) is 7.03. The third-order valence-electron chi connectivity index (χ3n) is 4.36. The van der Waals surface area contributed by atoms with E-state index in [1.807, 2.05) is 11.3 Å². The van der Waals surface area contributed by atoms with Crippen LogP contribution in [-0.4, -0.2) is 37.8 Å². The summed E-state index contributed by atoms with van der Waals surface area (Å²) < 4.78 is 5.10. The fourth-order valence-corrected chi connectivity index (χ4v) is 4.05. The molecule has 0 bridgehead atoms. The topological polar surface area (TPSA) is 37.4 Å². The number of nitrogens with one attached hydrogen (secondary N) is 1. The van der Waals surface area contributed by atoms with Crippen molar-refractivity contribution in [2.45, 2.75) is 58.5 Å². The third-order valence-corrected chi connectivity index (χ3v) is 5.47. The minimum Gasteiger partial charge on any atom is -0.383 e. The van der Waals surface area contributed by atoms with Crippen molar-refractivity contribution in [1.29, 1.82) is 0 Å². The molecule has 2 rings (SSSR count). The molecule has 2 unspecified atom stereocenters. The molecule has 1 aliphatic heterocycles. The van der Waals surface area contributed by atoms with E-state index in [0.717, 1.165) is 32.7 Å². The van der Waals surface area contributed by atoms with Crippen LogP contribution in [0.4, 0.5) is 5.13 Å². The summed E-state index contributed by atoms with van der Waals surface area (Å²) in [5.74, 6) is 0.534. The molecule has 1 aromatic rings. The first-order chi connectivity index (χ1) is 10.2. The number of hydrogen-bond acceptors (Lipinski definition) is 5. The Morgan fingerprint density at radius 2 is 2.33 bits per heavy atom. The molecule has 0 amide bonds. The number of thiazole rings is 1. The van der Waals surface area contributed by atoms with Crippen LogP contribution in [0.15, 0.2) is 0 Å². The normalized spacial score (nSPS) is 20.2. The van der Waals surface area contributed by atoms with Gasteiger partial charge in [-0.05, 0) is 32.1 Å². The first kappa shape index (κ1) is 16.7. The van der Waals surface area contributed by atoms with Crippen LogP contribution in [0.5, 0.6) is 0 Å². The largest absolute Gasteiger partial charge is 0.383 e. The molecule has 0 radical (unpaired) electrons. The van der Waals surface area contributed by atoms with Crippen LogP contribution in [0.2, 0.25) is 0 Å². The van der Waals surface area contributed by atoms with Gasteiger partial charge in [0.15, 0.2) is 5.13 Å². The van der Waals surface area contributed by atoms with Gasteiger partial charge in [0.25, 0.3) is 0 Å². The molecule has 4 nitrogen and oxygen atoms in total. The molecule has 1 saturated heterocycles. The molecular formula is C16H29N3OS. The lowest BCUT2D eigenvalue weighted by Crippen LogP contribution is -2.26. The van der Waals surface area contributed by atoms with E-state index in [-0.39, 0.29) is 0 Å². The lowest BCUT2D eigenvalue weighted by atomic mass is 10.0. The van der Waals surface area contributed by atoms with E-state index in [1.54, 1.807) is 7.11 Å². The van der Waals surface area contributed by atoms with Crippen LogP contribution in [0.25, 0.3) is 0 Å². The van der Waals surface area contributed by atoms with Crippen LogP contribution >= 0.6 is 11.3 Å². The molecule has 0 spiro atoms. The lowest BCUT2D eigenvalue weighted by molar-refractivity contribution is 0.199. The summed E-state index contributed by atoms with van der Waals surface area (Å²) in [7, 11) is 1.74. The van der Waals surface area contributed by atoms with Crippen LogP contribution < -0.4 is 10.2 Å². The Hall–Kier alpha value is -0.650. The van der Waals surface area contributed by atoms with Gasteiger partial charge in [-0.1, -0.05) is 13.8 Å². The van der Waals surface area contributed by atoms with Crippen molar-refractivity contribution in [3.8, 4) is 0 Å². The Morgan fingerprint density at radius 1 is 1.52 bits per heavy atom. The maximum atomic E-state index is 5.10. The van der Waals surface area contributed by atoms with Crippen molar-refractivity contribution in [1.82, 2.24) is 10.3 Å². The Balaban J connectivity index is 2.10. The van der Waals surface area contributed by atoms with E-state index in [4.69, 9.17) is 9.72 Å². The van der Waals surface area contributed by atoms with Crippen molar-refractivity contribution in [2.24, 2.45) is 0 Å². The maximum Gasteiger partial charge on any atom is 0.186 e. The first-order valence-electron chi connectivity index (χ1n) is 8.13. The molecule has 0 aromatic carbocycles. The van der Waals surface area contributed by atoms with E-state index in [9.17, 15) is 0 Å². The van der Waals surface area contributed by atoms with Crippen LogP contribution in [0, 0.1) is 0 Å². The first-order valence-corrected chi connectivity index (χ1v) is 8.94. The number of ether oxygens (including phenoxy) is 1. The van der Waals surface area contributed by atoms with Crippen LogP contribution in [0.1, 0.15) is 56.5 Å². The van der Waals surface area contributed by atoms with E-state index in [0.29, 0.717) is 12.0 Å². The Morgan fingerprint density at radius 3 is 2.95 bits per heavy atom. The zero-order chi connectivity index (χ0) is 15.2. The van der Waals surface area contributed by atoms with E-state index < -0.39 is 0 Å². The average Bonchev–Trinajstić information content (AvgIpc) is 3.09. The number of hydrogen-bond donors (Lipinski definition) is 1. The van der Waals surface area contributed by atoms with Crippen molar-refractivity contribution in [3.63, 3.8) is 0 Å². The standard InChI is InChI=1S/C16H29N3OS/c1-5-12(2)15-14(11-17-8-10-20-4)21-16(18-15)19-9-6-7-13(19)3/h12-13,17H,5-11H2,1-4H3. The van der Waals surface area contributed by atoms with Crippen molar-refractivity contribution in [2.75, 3.05) is 31.7 Å². The van der Waals surface area contributed by atoms with Gasteiger partial charge in [-0.3, -0.25) is 0 Å². The molecule has 120 valence electrons. The molecule has 1 aliphatic rings. The predicted molar refractivity (Wildman–Crippen MR) is 90.4 cm³/mol. The second kappa shape index (κ2) is 8.11. The summed E-state index contributed by atoms with van der Waals surface area (Å²) >= 11 is 1.87. The van der Waals surface area contributed by atoms with Gasteiger partial charge in [0.1, 0.15) is 0 Å². The summed E-state index contributed by atoms with van der Waals surface area (Å²) in [6, 6.07) is 0.634. The highest BCUT2D eigenvalue weighted by Gasteiger charge is 2.25. The summed E-state index contributed by atoms with van der Waals surface area (Å²) in [4.78, 5) is 8.86. The monoisotopic (exact) mass is 311 g/mol. The number of methoxy groups -OCH3 is 1. The highest BCUT2D eigenvalue weighted by molar-refractivity contribution is 7.15. The van der Waals surface area contributed by atoms with Crippen LogP contribution in [-0.2, 0) is 11.3 Å². The maximum absolute atomic E-state index is 5.10. The van der Waals surface area contributed by atoms with Crippen molar-refractivity contribution >= 4 is 16.5 Å². The van der Waals surface area contributed by atoms with Gasteiger partial charge in [-0.15, -0.1) is 11.3 Å². The van der Waals surface area contributed by atoms with E-state index in [2.05, 4.69) is 31.0 Å². The summed E-state index contributed by atoms with van der Waals surface area (Å²) in [5.41, 5.74) is 1.29. The highest BCUT2D eigenvalue weighted by Crippen LogP contribution is 2.35. The molecule has 1 aromatic heterocycles. The van der Waals surface area contributed by atoms with Gasteiger partial charge >= 0.3 is 0 Å². The zero-order valence-electron chi connectivity index (χ0n) is 13.8. The summed E-state index contributed by atoms with van der Waals surface area (Å²) in [5, 5.41) is 4.69. The van der Waals surface area contributed by atoms with Gasteiger partial charge in [0, 0.05) is 37.7 Å². The van der Waals surface area contributed by atoms with E-state index in [1.165, 1.54) is 28.5 Å². The van der Waals surface area contributed by atoms with Gasteiger partial charge in [0.2, 0.25) is 0 Å². The van der Waals surface area contributed by atoms with Gasteiger partial charge in [-0.25, -0.2) is 4.98 Å². The second-order valence-electron chi connectivity index (χ2n) is 5.97. The molecule has 2 heterocycles. The molecule has 1 fully saturated rings. The lowest BCUT2D eigenvalue weighted by Gasteiger charge is -2.20. The van der Waals surface area contributed by atoms with Crippen molar-refractivity contribution < 1.29 is 4.74 Å². The molecular weight excluding hydrogens is 282 g/mol. The molecule has 21 heavy (non-hydrogen) atoms. The van der Waals surface area contributed by atoms with Gasteiger partial charge in [0.05, 0.1) is 12.3 Å². The smallest absolute Gasteiger partial charge is 0.186 e. The average molecular weight is 311 g/mol. The summed E-state index contributed by atoms with van der Waals surface area (Å²) in [6.07, 6.45) is 3.73. The third kappa shape index (κ3) is 4.18. The Kier molecular flexibility index (Phi) is 6.45. The highest BCUT2D eigenvalue weighted by atomic mass is 32.1. The fraction of sp³-hybridized carbons (Fsp3) is 0.812. The molecule has 0 saturated carbocycles. The molecule has 2 atom stereocenters. The molecule has 1 N–H and O–H groups in total. The Labute approximate surface area is 132 Å². The quantitative estimate of drug-likeness (QED) is 0.747. The fourth-order valence-electron chi connectivity index (χ4n) is 2.77. The molecule has 0 aliphatic carbocycles. The zero-order valence-corrected chi connectivity index (χ0v) is 14.6. The van der Waals surface area contributed by atoms with Crippen molar-refractivity contribution in [3.05, 3.63) is 10.6 Å². The number of anilines is 1. The molecule has 5 heteroatoms.